The molecule has 1 aliphatic heterocycles. The molecule has 0 aliphatic carbocycles. The number of aromatic hydroxyl groups is 1. The quantitative estimate of drug-likeness (QED) is 0.531. The molecule has 0 saturated heterocycles. The highest BCUT2D eigenvalue weighted by atomic mass is 16.6. The van der Waals surface area contributed by atoms with Crippen molar-refractivity contribution < 1.29 is 19.5 Å². The zero-order valence-corrected chi connectivity index (χ0v) is 15.3. The molecule has 1 aliphatic rings. The van der Waals surface area contributed by atoms with Crippen molar-refractivity contribution in [2.75, 3.05) is 14.2 Å². The van der Waals surface area contributed by atoms with E-state index in [0.29, 0.717) is 28.0 Å². The number of hydrogen-bond donors (Lipinski definition) is 2. The maximum atomic E-state index is 12.0. The number of allylic oxidation sites excluding steroid dienone is 1. The molecule has 0 amide bonds. The van der Waals surface area contributed by atoms with E-state index >= 15 is 0 Å². The first-order valence-electron chi connectivity index (χ1n) is 8.67. The summed E-state index contributed by atoms with van der Waals surface area (Å²) >= 11 is 0. The standard InChI is InChI=1S/C21H18N2O5/c1-22-21-20(23(25)26)18(13-4-3-5-15(10-13)27-2)19-16-11-14(24)8-6-12(16)7-9-17(19)28-21/h3-11,18,22,24H,1-2H3. The molecule has 4 rings (SSSR count). The van der Waals surface area contributed by atoms with Crippen molar-refractivity contribution in [3.8, 4) is 17.2 Å². The van der Waals surface area contributed by atoms with Crippen LogP contribution in [0.15, 0.2) is 66.2 Å². The van der Waals surface area contributed by atoms with Crippen LogP contribution < -0.4 is 14.8 Å². The lowest BCUT2D eigenvalue weighted by Crippen LogP contribution is -2.28. The van der Waals surface area contributed by atoms with Gasteiger partial charge in [-0.3, -0.25) is 10.1 Å². The lowest BCUT2D eigenvalue weighted by Gasteiger charge is -2.27. The average Bonchev–Trinajstić information content (AvgIpc) is 2.71. The van der Waals surface area contributed by atoms with Crippen LogP contribution in [0.2, 0.25) is 0 Å². The van der Waals surface area contributed by atoms with Gasteiger partial charge in [0, 0.05) is 12.6 Å². The second kappa shape index (κ2) is 6.77. The van der Waals surface area contributed by atoms with Gasteiger partial charge < -0.3 is 19.9 Å². The Labute approximate surface area is 161 Å². The summed E-state index contributed by atoms with van der Waals surface area (Å²) in [5, 5.41) is 26.4. The minimum absolute atomic E-state index is 0.0799. The Morgan fingerprint density at radius 3 is 2.68 bits per heavy atom. The Balaban J connectivity index is 2.08. The monoisotopic (exact) mass is 378 g/mol. The Bertz CT molecular complexity index is 1120. The molecular weight excluding hydrogens is 360 g/mol. The lowest BCUT2D eigenvalue weighted by molar-refractivity contribution is -0.432. The largest absolute Gasteiger partial charge is 0.508 e. The number of fused-ring (bicyclic) bond motifs is 3. The fraction of sp³-hybridized carbons (Fsp3) is 0.143. The van der Waals surface area contributed by atoms with Crippen molar-refractivity contribution in [2.45, 2.75) is 5.92 Å². The van der Waals surface area contributed by atoms with Crippen LogP contribution in [0.1, 0.15) is 17.0 Å². The van der Waals surface area contributed by atoms with Gasteiger partial charge in [-0.1, -0.05) is 24.3 Å². The van der Waals surface area contributed by atoms with E-state index in [1.54, 1.807) is 56.6 Å². The first kappa shape index (κ1) is 17.7. The SMILES string of the molecule is CNC1=C([N+](=O)[O-])C(c2cccc(OC)c2)c2c(ccc3ccc(O)cc23)O1. The van der Waals surface area contributed by atoms with Crippen LogP contribution in [0.5, 0.6) is 17.2 Å². The molecule has 0 fully saturated rings. The number of nitrogens with one attached hydrogen (secondary N) is 1. The van der Waals surface area contributed by atoms with Crippen LogP contribution in [0.4, 0.5) is 0 Å². The molecule has 1 heterocycles. The van der Waals surface area contributed by atoms with E-state index in [0.717, 1.165) is 5.39 Å². The number of hydrogen-bond acceptors (Lipinski definition) is 6. The van der Waals surface area contributed by atoms with Gasteiger partial charge in [0.05, 0.1) is 12.0 Å². The van der Waals surface area contributed by atoms with Gasteiger partial charge in [0.1, 0.15) is 23.2 Å². The predicted octanol–water partition coefficient (Wildman–Crippen LogP) is 3.74. The van der Waals surface area contributed by atoms with Crippen LogP contribution in [-0.2, 0) is 0 Å². The van der Waals surface area contributed by atoms with Crippen LogP contribution in [0.3, 0.4) is 0 Å². The molecule has 142 valence electrons. The summed E-state index contributed by atoms with van der Waals surface area (Å²) in [4.78, 5) is 11.6. The van der Waals surface area contributed by atoms with Crippen molar-refractivity contribution >= 4 is 10.8 Å². The zero-order valence-electron chi connectivity index (χ0n) is 15.3. The summed E-state index contributed by atoms with van der Waals surface area (Å²) in [6.07, 6.45) is 0. The van der Waals surface area contributed by atoms with Gasteiger partial charge in [-0.2, -0.15) is 0 Å². The number of nitrogens with zero attached hydrogens (tertiary/aromatic N) is 1. The summed E-state index contributed by atoms with van der Waals surface area (Å²) in [7, 11) is 3.13. The molecule has 0 radical (unpaired) electrons. The number of phenols is 1. The number of nitro groups is 1. The van der Waals surface area contributed by atoms with Crippen LogP contribution >= 0.6 is 0 Å². The molecule has 1 unspecified atom stereocenters. The van der Waals surface area contributed by atoms with Gasteiger partial charge >= 0.3 is 5.70 Å². The number of methoxy groups -OCH3 is 1. The smallest absolute Gasteiger partial charge is 0.317 e. The van der Waals surface area contributed by atoms with Crippen LogP contribution in [0, 0.1) is 10.1 Å². The van der Waals surface area contributed by atoms with Crippen LogP contribution in [-0.4, -0.2) is 24.2 Å². The van der Waals surface area contributed by atoms with Crippen molar-refractivity contribution in [3.05, 3.63) is 87.4 Å². The Morgan fingerprint density at radius 1 is 1.18 bits per heavy atom. The van der Waals surface area contributed by atoms with Gasteiger partial charge in [0.15, 0.2) is 0 Å². The molecule has 3 aromatic carbocycles. The Morgan fingerprint density at radius 2 is 1.96 bits per heavy atom. The summed E-state index contributed by atoms with van der Waals surface area (Å²) in [5.41, 5.74) is 1.23. The van der Waals surface area contributed by atoms with E-state index in [1.165, 1.54) is 0 Å². The van der Waals surface area contributed by atoms with Gasteiger partial charge in [-0.05, 0) is 46.7 Å². The van der Waals surface area contributed by atoms with Crippen LogP contribution in [0.25, 0.3) is 10.8 Å². The second-order valence-corrected chi connectivity index (χ2v) is 6.42. The third-order valence-electron chi connectivity index (χ3n) is 4.86. The molecule has 3 aromatic rings. The maximum absolute atomic E-state index is 12.0. The first-order valence-corrected chi connectivity index (χ1v) is 8.67. The van der Waals surface area contributed by atoms with E-state index in [9.17, 15) is 15.2 Å². The zero-order chi connectivity index (χ0) is 19.8. The maximum Gasteiger partial charge on any atom is 0.317 e. The highest BCUT2D eigenvalue weighted by Crippen LogP contribution is 2.47. The fourth-order valence-electron chi connectivity index (χ4n) is 3.64. The molecule has 0 bridgehead atoms. The Hall–Kier alpha value is -3.74. The van der Waals surface area contributed by atoms with Gasteiger partial charge in [0.2, 0.25) is 0 Å². The van der Waals surface area contributed by atoms with E-state index in [1.807, 2.05) is 12.1 Å². The second-order valence-electron chi connectivity index (χ2n) is 6.42. The van der Waals surface area contributed by atoms with E-state index in [4.69, 9.17) is 9.47 Å². The summed E-state index contributed by atoms with van der Waals surface area (Å²) in [6.45, 7) is 0. The molecule has 28 heavy (non-hydrogen) atoms. The fourth-order valence-corrected chi connectivity index (χ4v) is 3.64. The minimum Gasteiger partial charge on any atom is -0.508 e. The number of benzene rings is 3. The molecule has 7 heteroatoms. The normalized spacial score (nSPS) is 15.7. The average molecular weight is 378 g/mol. The summed E-state index contributed by atoms with van der Waals surface area (Å²) < 4.78 is 11.1. The number of phenolic OH excluding ortho intramolecular Hbond substituents is 1. The Kier molecular flexibility index (Phi) is 4.27. The number of rotatable bonds is 4. The van der Waals surface area contributed by atoms with E-state index in [2.05, 4.69) is 5.32 Å². The van der Waals surface area contributed by atoms with Crippen molar-refractivity contribution in [3.63, 3.8) is 0 Å². The molecule has 0 saturated carbocycles. The topological polar surface area (TPSA) is 93.9 Å². The summed E-state index contributed by atoms with van der Waals surface area (Å²) in [6, 6.07) is 15.8. The molecular formula is C21H18N2O5. The third-order valence-corrected chi connectivity index (χ3v) is 4.86. The molecule has 0 aromatic heterocycles. The van der Waals surface area contributed by atoms with E-state index in [-0.39, 0.29) is 17.3 Å². The highest BCUT2D eigenvalue weighted by Gasteiger charge is 2.40. The highest BCUT2D eigenvalue weighted by molar-refractivity contribution is 5.90. The lowest BCUT2D eigenvalue weighted by atomic mass is 9.83. The van der Waals surface area contributed by atoms with Gasteiger partial charge in [-0.15, -0.1) is 0 Å². The van der Waals surface area contributed by atoms with Crippen molar-refractivity contribution in [2.24, 2.45) is 0 Å². The van der Waals surface area contributed by atoms with E-state index < -0.39 is 10.8 Å². The summed E-state index contributed by atoms with van der Waals surface area (Å²) in [5.74, 6) is 0.561. The van der Waals surface area contributed by atoms with Crippen molar-refractivity contribution in [1.82, 2.24) is 5.32 Å². The van der Waals surface area contributed by atoms with Crippen molar-refractivity contribution in [1.29, 1.82) is 0 Å². The van der Waals surface area contributed by atoms with Gasteiger partial charge in [-0.25, -0.2) is 0 Å². The number of ether oxygens (including phenoxy) is 2. The molecule has 1 atom stereocenters. The molecule has 7 nitrogen and oxygen atoms in total. The third kappa shape index (κ3) is 2.77. The predicted molar refractivity (Wildman–Crippen MR) is 104 cm³/mol. The first-order chi connectivity index (χ1) is 13.5. The molecule has 2 N–H and O–H groups in total. The minimum atomic E-state index is -0.707. The molecule has 0 spiro atoms. The van der Waals surface area contributed by atoms with Gasteiger partial charge in [0.25, 0.3) is 5.88 Å².